The number of halogens is 1. The van der Waals surface area contributed by atoms with Gasteiger partial charge >= 0.3 is 5.97 Å². The molecule has 0 spiro atoms. The number of phosphoric ester groups is 1. The number of aliphatic hydroxyl groups excluding tert-OH is 1. The highest BCUT2D eigenvalue weighted by molar-refractivity contribution is 7.45. The molecule has 7 nitrogen and oxygen atoms in total. The molecular formula is C13H17ClO7P-. The average Bonchev–Trinajstić information content (AvgIpc) is 2.46. The summed E-state index contributed by atoms with van der Waals surface area (Å²) in [7, 11) is -1.83. The monoisotopic (exact) mass is 351 g/mol. The number of aliphatic hydroxyl groups is 1. The van der Waals surface area contributed by atoms with E-state index in [4.69, 9.17) is 21.4 Å². The molecule has 0 heterocycles. The summed E-state index contributed by atoms with van der Waals surface area (Å²) in [4.78, 5) is 21.0. The Hall–Kier alpha value is -1.37. The first-order valence-electron chi connectivity index (χ1n) is 5.91. The van der Waals surface area contributed by atoms with Crippen molar-refractivity contribution >= 4 is 25.4 Å². The SMILES string of the molecule is C/C(O)=C/C(=O)OCc1ccccc1Cl.COP(=O)([O-])OC. The van der Waals surface area contributed by atoms with Crippen LogP contribution in [0.1, 0.15) is 12.5 Å². The summed E-state index contributed by atoms with van der Waals surface area (Å²) in [5.74, 6) is -0.672. The number of carbonyl (C=O) groups is 1. The van der Waals surface area contributed by atoms with Crippen LogP contribution in [-0.2, 0) is 29.8 Å². The van der Waals surface area contributed by atoms with E-state index in [1.165, 1.54) is 6.92 Å². The molecule has 0 aliphatic rings. The Morgan fingerprint density at radius 3 is 2.32 bits per heavy atom. The van der Waals surface area contributed by atoms with Crippen molar-refractivity contribution in [2.75, 3.05) is 14.2 Å². The Morgan fingerprint density at radius 2 is 1.91 bits per heavy atom. The minimum absolute atomic E-state index is 0.0841. The van der Waals surface area contributed by atoms with Gasteiger partial charge in [-0.05, 0) is 13.0 Å². The first-order chi connectivity index (χ1) is 10.2. The topological polar surface area (TPSA) is 105 Å². The number of allylic oxidation sites excluding steroid dienone is 1. The zero-order chi connectivity index (χ0) is 17.2. The lowest BCUT2D eigenvalue weighted by Gasteiger charge is -2.16. The Kier molecular flexibility index (Phi) is 9.73. The van der Waals surface area contributed by atoms with Gasteiger partial charge < -0.3 is 23.8 Å². The third-order valence-corrected chi connectivity index (χ3v) is 3.36. The van der Waals surface area contributed by atoms with Crippen LogP contribution in [0.2, 0.25) is 5.02 Å². The van der Waals surface area contributed by atoms with Crippen molar-refractivity contribution in [3.8, 4) is 0 Å². The van der Waals surface area contributed by atoms with E-state index in [9.17, 15) is 14.3 Å². The highest BCUT2D eigenvalue weighted by Crippen LogP contribution is 2.34. The molecule has 1 aromatic carbocycles. The zero-order valence-electron chi connectivity index (χ0n) is 12.3. The summed E-state index contributed by atoms with van der Waals surface area (Å²) in [5.41, 5.74) is 0.733. The lowest BCUT2D eigenvalue weighted by molar-refractivity contribution is -0.220. The number of esters is 1. The molecule has 0 bridgehead atoms. The van der Waals surface area contributed by atoms with E-state index in [0.29, 0.717) is 5.02 Å². The van der Waals surface area contributed by atoms with Gasteiger partial charge in [-0.1, -0.05) is 29.8 Å². The molecule has 0 saturated heterocycles. The molecule has 124 valence electrons. The van der Waals surface area contributed by atoms with Crippen molar-refractivity contribution in [3.05, 3.63) is 46.7 Å². The molecule has 0 aliphatic carbocycles. The molecule has 0 amide bonds. The van der Waals surface area contributed by atoms with Gasteiger partial charge in [0.1, 0.15) is 6.61 Å². The second-order valence-electron chi connectivity index (χ2n) is 3.80. The first-order valence-corrected chi connectivity index (χ1v) is 7.75. The lowest BCUT2D eigenvalue weighted by atomic mass is 10.2. The van der Waals surface area contributed by atoms with Crippen molar-refractivity contribution < 1.29 is 33.1 Å². The predicted octanol–water partition coefficient (Wildman–Crippen LogP) is 2.59. The Bertz CT molecular complexity index is 547. The first kappa shape index (κ1) is 20.6. The van der Waals surface area contributed by atoms with Crippen LogP contribution in [0.3, 0.4) is 0 Å². The Balaban J connectivity index is 0.000000534. The molecule has 0 aliphatic heterocycles. The number of rotatable bonds is 5. The fraction of sp³-hybridized carbons (Fsp3) is 0.308. The predicted molar refractivity (Wildman–Crippen MR) is 79.3 cm³/mol. The van der Waals surface area contributed by atoms with Crippen LogP contribution in [0.25, 0.3) is 0 Å². The second-order valence-corrected chi connectivity index (χ2v) is 5.83. The van der Waals surface area contributed by atoms with Gasteiger partial charge in [0.15, 0.2) is 0 Å². The summed E-state index contributed by atoms with van der Waals surface area (Å²) in [5, 5.41) is 9.36. The molecule has 9 heteroatoms. The highest BCUT2D eigenvalue weighted by atomic mass is 35.5. The van der Waals surface area contributed by atoms with Gasteiger partial charge in [-0.15, -0.1) is 0 Å². The van der Waals surface area contributed by atoms with E-state index < -0.39 is 13.8 Å². The van der Waals surface area contributed by atoms with Crippen molar-refractivity contribution in [2.24, 2.45) is 0 Å². The van der Waals surface area contributed by atoms with Gasteiger partial charge in [-0.25, -0.2) is 4.79 Å². The molecule has 1 aromatic rings. The Labute approximate surface area is 133 Å². The van der Waals surface area contributed by atoms with E-state index >= 15 is 0 Å². The number of benzene rings is 1. The van der Waals surface area contributed by atoms with E-state index in [1.807, 2.05) is 6.07 Å². The molecule has 0 unspecified atom stereocenters. The molecule has 0 aromatic heterocycles. The van der Waals surface area contributed by atoms with Gasteiger partial charge in [0.05, 0.1) is 11.8 Å². The zero-order valence-corrected chi connectivity index (χ0v) is 14.0. The summed E-state index contributed by atoms with van der Waals surface area (Å²) < 4.78 is 22.5. The molecule has 1 N–H and O–H groups in total. The van der Waals surface area contributed by atoms with E-state index in [-0.39, 0.29) is 12.4 Å². The second kappa shape index (κ2) is 10.4. The largest absolute Gasteiger partial charge is 0.756 e. The van der Waals surface area contributed by atoms with Crippen LogP contribution in [0, 0.1) is 0 Å². The standard InChI is InChI=1S/C11H11ClO3.C2H7O4P/c1-8(13)6-11(14)15-7-9-4-2-3-5-10(9)12;1-5-7(3,4)6-2/h2-6,13H,7H2,1H3;1-2H3,(H,3,4)/p-1/b8-6-;. The number of phosphoric acid groups is 1. The minimum Gasteiger partial charge on any atom is -0.756 e. The van der Waals surface area contributed by atoms with Crippen LogP contribution in [0.5, 0.6) is 0 Å². The summed E-state index contributed by atoms with van der Waals surface area (Å²) in [6, 6.07) is 7.09. The maximum Gasteiger partial charge on any atom is 0.334 e. The van der Waals surface area contributed by atoms with Crippen molar-refractivity contribution in [1.29, 1.82) is 0 Å². The normalized spacial score (nSPS) is 11.4. The van der Waals surface area contributed by atoms with Crippen LogP contribution in [0.15, 0.2) is 36.1 Å². The van der Waals surface area contributed by atoms with Crippen molar-refractivity contribution in [2.45, 2.75) is 13.5 Å². The van der Waals surface area contributed by atoms with Crippen LogP contribution in [-0.4, -0.2) is 25.3 Å². The smallest absolute Gasteiger partial charge is 0.334 e. The van der Waals surface area contributed by atoms with E-state index in [0.717, 1.165) is 25.9 Å². The maximum absolute atomic E-state index is 11.0. The third kappa shape index (κ3) is 9.55. The minimum atomic E-state index is -3.90. The summed E-state index contributed by atoms with van der Waals surface area (Å²) in [6.45, 7) is 1.50. The molecule has 1 rings (SSSR count). The van der Waals surface area contributed by atoms with Crippen LogP contribution in [0.4, 0.5) is 0 Å². The van der Waals surface area contributed by atoms with Crippen molar-refractivity contribution in [1.82, 2.24) is 0 Å². The highest BCUT2D eigenvalue weighted by Gasteiger charge is 2.03. The Morgan fingerprint density at radius 1 is 1.36 bits per heavy atom. The van der Waals surface area contributed by atoms with E-state index in [2.05, 4.69) is 9.05 Å². The van der Waals surface area contributed by atoms with Crippen LogP contribution >= 0.6 is 19.4 Å². The summed E-state index contributed by atoms with van der Waals surface area (Å²) in [6.07, 6.45) is 1.01. The van der Waals surface area contributed by atoms with Crippen molar-refractivity contribution in [3.63, 3.8) is 0 Å². The number of hydrogen-bond acceptors (Lipinski definition) is 7. The number of carbonyl (C=O) groups excluding carboxylic acids is 1. The lowest BCUT2D eigenvalue weighted by Crippen LogP contribution is -2.02. The molecular weight excluding hydrogens is 335 g/mol. The molecule has 0 fully saturated rings. The molecule has 22 heavy (non-hydrogen) atoms. The van der Waals surface area contributed by atoms with Gasteiger partial charge in [-0.3, -0.25) is 4.57 Å². The molecule has 0 radical (unpaired) electrons. The van der Waals surface area contributed by atoms with Gasteiger partial charge in [0, 0.05) is 24.8 Å². The fourth-order valence-corrected chi connectivity index (χ4v) is 1.39. The average molecular weight is 352 g/mol. The van der Waals surface area contributed by atoms with Gasteiger partial charge in [0.2, 0.25) is 0 Å². The van der Waals surface area contributed by atoms with Gasteiger partial charge in [0.25, 0.3) is 7.82 Å². The third-order valence-electron chi connectivity index (χ3n) is 2.10. The molecule has 0 saturated carbocycles. The fourth-order valence-electron chi connectivity index (χ4n) is 1.05. The summed E-state index contributed by atoms with van der Waals surface area (Å²) >= 11 is 5.86. The number of hydrogen-bond donors (Lipinski definition) is 1. The number of ether oxygens (including phenoxy) is 1. The quantitative estimate of drug-likeness (QED) is 0.376. The maximum atomic E-state index is 11.0. The van der Waals surface area contributed by atoms with E-state index in [1.54, 1.807) is 18.2 Å². The molecule has 0 atom stereocenters. The van der Waals surface area contributed by atoms with Crippen LogP contribution < -0.4 is 4.89 Å². The van der Waals surface area contributed by atoms with Gasteiger partial charge in [-0.2, -0.15) is 0 Å².